The van der Waals surface area contributed by atoms with Gasteiger partial charge in [0.1, 0.15) is 0 Å². The van der Waals surface area contributed by atoms with Crippen LogP contribution in [-0.2, 0) is 0 Å². The highest BCUT2D eigenvalue weighted by molar-refractivity contribution is 6.05. The van der Waals surface area contributed by atoms with Crippen LogP contribution < -0.4 is 11.1 Å². The molecule has 1 heterocycles. The van der Waals surface area contributed by atoms with Gasteiger partial charge >= 0.3 is 0 Å². The Kier molecular flexibility index (Phi) is 3.07. The summed E-state index contributed by atoms with van der Waals surface area (Å²) in [6.07, 6.45) is 4.01. The average Bonchev–Trinajstić information content (AvgIpc) is 3.06. The van der Waals surface area contributed by atoms with Crippen molar-refractivity contribution in [1.82, 2.24) is 4.57 Å². The number of fused-ring (bicyclic) bond motifs is 3. The van der Waals surface area contributed by atoms with Crippen molar-refractivity contribution in [2.75, 3.05) is 0 Å². The fraction of sp³-hybridized carbons (Fsp3) is 0.263. The molecule has 3 nitrogen and oxygen atoms in total. The predicted octanol–water partition coefficient (Wildman–Crippen LogP) is 3.63. The second kappa shape index (κ2) is 5.09. The van der Waals surface area contributed by atoms with E-state index >= 15 is 0 Å². The third-order valence-corrected chi connectivity index (χ3v) is 4.73. The first-order valence-corrected chi connectivity index (χ1v) is 7.83. The molecule has 1 aliphatic rings. The first kappa shape index (κ1) is 13.3. The van der Waals surface area contributed by atoms with Crippen molar-refractivity contribution in [3.05, 3.63) is 69.2 Å². The lowest BCUT2D eigenvalue weighted by Gasteiger charge is -2.10. The molecule has 0 spiro atoms. The first-order chi connectivity index (χ1) is 10.8. The molecule has 0 aliphatic heterocycles. The van der Waals surface area contributed by atoms with Crippen LogP contribution in [0.1, 0.15) is 31.7 Å². The number of aromatic nitrogens is 1. The van der Waals surface area contributed by atoms with E-state index in [9.17, 15) is 9.59 Å². The Labute approximate surface area is 127 Å². The summed E-state index contributed by atoms with van der Waals surface area (Å²) in [5.41, 5.74) is -0.299. The maximum absolute atomic E-state index is 13.0. The van der Waals surface area contributed by atoms with Crippen molar-refractivity contribution >= 4 is 21.5 Å². The van der Waals surface area contributed by atoms with Crippen LogP contribution >= 0.6 is 0 Å². The highest BCUT2D eigenvalue weighted by atomic mass is 16.2. The average molecular weight is 291 g/mol. The van der Waals surface area contributed by atoms with Gasteiger partial charge in [-0.05, 0) is 35.7 Å². The van der Waals surface area contributed by atoms with Crippen LogP contribution in [0.2, 0.25) is 0 Å². The van der Waals surface area contributed by atoms with E-state index in [4.69, 9.17) is 0 Å². The van der Waals surface area contributed by atoms with Gasteiger partial charge in [-0.2, -0.15) is 0 Å². The van der Waals surface area contributed by atoms with Crippen molar-refractivity contribution in [2.45, 2.75) is 31.7 Å². The Morgan fingerprint density at radius 3 is 1.55 bits per heavy atom. The van der Waals surface area contributed by atoms with Gasteiger partial charge in [-0.15, -0.1) is 0 Å². The van der Waals surface area contributed by atoms with Crippen LogP contribution in [0, 0.1) is 0 Å². The Balaban J connectivity index is 2.29. The van der Waals surface area contributed by atoms with E-state index in [0.717, 1.165) is 36.5 Å². The van der Waals surface area contributed by atoms with E-state index < -0.39 is 0 Å². The van der Waals surface area contributed by atoms with E-state index in [2.05, 4.69) is 0 Å². The van der Waals surface area contributed by atoms with Crippen molar-refractivity contribution in [3.8, 4) is 0 Å². The lowest BCUT2D eigenvalue weighted by atomic mass is 10.1. The van der Waals surface area contributed by atoms with Crippen molar-refractivity contribution < 1.29 is 0 Å². The van der Waals surface area contributed by atoms with Crippen LogP contribution in [0.25, 0.3) is 21.5 Å². The summed E-state index contributed by atoms with van der Waals surface area (Å²) >= 11 is 0. The summed E-state index contributed by atoms with van der Waals surface area (Å²) in [4.78, 5) is 26.0. The molecule has 4 rings (SSSR count). The zero-order valence-electron chi connectivity index (χ0n) is 12.3. The van der Waals surface area contributed by atoms with E-state index in [1.54, 1.807) is 0 Å². The molecule has 1 aromatic heterocycles. The third kappa shape index (κ3) is 1.89. The lowest BCUT2D eigenvalue weighted by molar-refractivity contribution is 0.495. The Hall–Kier alpha value is -2.42. The van der Waals surface area contributed by atoms with E-state index in [1.165, 1.54) is 4.57 Å². The van der Waals surface area contributed by atoms with Gasteiger partial charge < -0.3 is 0 Å². The minimum atomic E-state index is -0.149. The molecule has 0 amide bonds. The van der Waals surface area contributed by atoms with Crippen LogP contribution in [0.5, 0.6) is 0 Å². The van der Waals surface area contributed by atoms with Crippen molar-refractivity contribution in [2.24, 2.45) is 0 Å². The highest BCUT2D eigenvalue weighted by Crippen LogP contribution is 2.28. The Morgan fingerprint density at radius 1 is 0.682 bits per heavy atom. The molecule has 0 bridgehead atoms. The standard InChI is InChI=1S/C19H17NO2/c21-18-16-11-5-3-9-14(16)15-10-4-6-12-17(15)19(22)20(18)13-7-1-2-8-13/h3-6,9-13H,1-2,7-8H2. The van der Waals surface area contributed by atoms with E-state index in [0.29, 0.717) is 10.8 Å². The normalized spacial score (nSPS) is 15.6. The van der Waals surface area contributed by atoms with Gasteiger partial charge in [-0.25, -0.2) is 0 Å². The van der Waals surface area contributed by atoms with Crippen LogP contribution in [0.4, 0.5) is 0 Å². The number of hydrogen-bond donors (Lipinski definition) is 0. The molecule has 1 fully saturated rings. The molecule has 1 aliphatic carbocycles. The lowest BCUT2D eigenvalue weighted by Crippen LogP contribution is -2.32. The fourth-order valence-electron chi connectivity index (χ4n) is 3.65. The second-order valence-corrected chi connectivity index (χ2v) is 6.01. The quantitative estimate of drug-likeness (QED) is 0.686. The van der Waals surface area contributed by atoms with Gasteiger partial charge in [-0.1, -0.05) is 49.2 Å². The summed E-state index contributed by atoms with van der Waals surface area (Å²) in [5.74, 6) is 0. The van der Waals surface area contributed by atoms with Crippen LogP contribution in [0.3, 0.4) is 0 Å². The minimum Gasteiger partial charge on any atom is -0.271 e. The fourth-order valence-corrected chi connectivity index (χ4v) is 3.65. The molecule has 0 unspecified atom stereocenters. The molecule has 2 aromatic carbocycles. The van der Waals surface area contributed by atoms with E-state index in [1.807, 2.05) is 48.5 Å². The highest BCUT2D eigenvalue weighted by Gasteiger charge is 2.21. The Morgan fingerprint density at radius 2 is 1.09 bits per heavy atom. The number of hydrogen-bond acceptors (Lipinski definition) is 2. The Bertz CT molecular complexity index is 909. The van der Waals surface area contributed by atoms with Crippen molar-refractivity contribution in [1.29, 1.82) is 0 Å². The van der Waals surface area contributed by atoms with Gasteiger partial charge in [0.15, 0.2) is 0 Å². The molecule has 3 aromatic rings. The topological polar surface area (TPSA) is 39.1 Å². The summed E-state index contributed by atoms with van der Waals surface area (Å²) < 4.78 is 1.51. The minimum absolute atomic E-state index is 0.0409. The molecule has 3 heteroatoms. The zero-order chi connectivity index (χ0) is 15.1. The molecular formula is C19H17NO2. The second-order valence-electron chi connectivity index (χ2n) is 6.01. The number of benzene rings is 2. The maximum atomic E-state index is 13.0. The largest absolute Gasteiger partial charge is 0.271 e. The summed E-state index contributed by atoms with van der Waals surface area (Å²) in [7, 11) is 0. The number of nitrogens with zero attached hydrogens (tertiary/aromatic N) is 1. The molecule has 0 saturated heterocycles. The van der Waals surface area contributed by atoms with Gasteiger partial charge in [0.25, 0.3) is 11.1 Å². The molecule has 1 saturated carbocycles. The first-order valence-electron chi connectivity index (χ1n) is 7.83. The third-order valence-electron chi connectivity index (χ3n) is 4.73. The summed E-state index contributed by atoms with van der Waals surface area (Å²) in [6, 6.07) is 15.1. The van der Waals surface area contributed by atoms with Gasteiger partial charge in [-0.3, -0.25) is 14.2 Å². The van der Waals surface area contributed by atoms with Gasteiger partial charge in [0, 0.05) is 16.8 Å². The molecule has 110 valence electrons. The molecule has 0 N–H and O–H groups in total. The molecule has 0 atom stereocenters. The molecular weight excluding hydrogens is 274 g/mol. The predicted molar refractivity (Wildman–Crippen MR) is 89.5 cm³/mol. The van der Waals surface area contributed by atoms with Gasteiger partial charge in [0.2, 0.25) is 0 Å². The number of rotatable bonds is 1. The molecule has 0 radical (unpaired) electrons. The summed E-state index contributed by atoms with van der Waals surface area (Å²) in [5, 5.41) is 2.98. The van der Waals surface area contributed by atoms with Crippen LogP contribution in [-0.4, -0.2) is 4.57 Å². The van der Waals surface area contributed by atoms with Gasteiger partial charge in [0.05, 0.1) is 0 Å². The van der Waals surface area contributed by atoms with E-state index in [-0.39, 0.29) is 17.2 Å². The smallest absolute Gasteiger partial charge is 0.261 e. The summed E-state index contributed by atoms with van der Waals surface area (Å²) in [6.45, 7) is 0. The zero-order valence-corrected chi connectivity index (χ0v) is 12.3. The maximum Gasteiger partial charge on any atom is 0.261 e. The van der Waals surface area contributed by atoms with Crippen LogP contribution in [0.15, 0.2) is 58.1 Å². The van der Waals surface area contributed by atoms with Crippen molar-refractivity contribution in [3.63, 3.8) is 0 Å². The monoisotopic (exact) mass is 291 g/mol. The molecule has 22 heavy (non-hydrogen) atoms. The SMILES string of the molecule is O=c1c2ccccc2c2ccccc2c(=O)n1C1CCCC1.